The molecule has 6 heteroatoms. The molecule has 15 heavy (non-hydrogen) atoms. The number of carboxylic acid groups (broad SMARTS) is 1. The van der Waals surface area contributed by atoms with Crippen molar-refractivity contribution >= 4 is 73.7 Å². The van der Waals surface area contributed by atoms with Gasteiger partial charge in [-0.05, 0) is 92.2 Å². The third-order valence-electron chi connectivity index (χ3n) is 1.71. The Kier molecular flexibility index (Phi) is 9.08. The summed E-state index contributed by atoms with van der Waals surface area (Å²) in [5.41, 5.74) is 1.08. The molecular formula is C9H6I3NaO2. The first-order valence-electron chi connectivity index (χ1n) is 3.84. The van der Waals surface area contributed by atoms with E-state index in [1.807, 2.05) is 12.1 Å². The van der Waals surface area contributed by atoms with E-state index >= 15 is 0 Å². The van der Waals surface area contributed by atoms with Crippen LogP contribution >= 0.6 is 67.8 Å². The molecular weight excluding hydrogens is 544 g/mol. The van der Waals surface area contributed by atoms with E-state index in [1.54, 1.807) is 0 Å². The second kappa shape index (κ2) is 8.06. The molecule has 0 N–H and O–H groups in total. The molecule has 0 aliphatic rings. The normalized spacial score (nSPS) is 9.53. The minimum Gasteiger partial charge on any atom is -0.550 e. The van der Waals surface area contributed by atoms with Crippen molar-refractivity contribution in [3.63, 3.8) is 0 Å². The number of carbonyl (C=O) groups excluding carboxylic acids is 1. The van der Waals surface area contributed by atoms with Crippen LogP contribution < -0.4 is 34.7 Å². The van der Waals surface area contributed by atoms with Gasteiger partial charge in [-0.15, -0.1) is 0 Å². The molecule has 1 rings (SSSR count). The molecule has 0 saturated carbocycles. The van der Waals surface area contributed by atoms with Crippen LogP contribution in [0, 0.1) is 10.7 Å². The molecule has 76 valence electrons. The van der Waals surface area contributed by atoms with Gasteiger partial charge in [0, 0.05) is 16.7 Å². The average molecular weight is 550 g/mol. The average Bonchev–Trinajstić information content (AvgIpc) is 2.13. The molecule has 0 heterocycles. The number of benzene rings is 1. The molecule has 0 aliphatic heterocycles. The second-order valence-electron chi connectivity index (χ2n) is 2.71. The van der Waals surface area contributed by atoms with Crippen molar-refractivity contribution in [1.29, 1.82) is 0 Å². The maximum absolute atomic E-state index is 10.3. The fourth-order valence-corrected chi connectivity index (χ4v) is 3.23. The number of rotatable bonds is 3. The molecule has 0 bridgehead atoms. The predicted octanol–water partition coefficient (Wildman–Crippen LogP) is -0.813. The van der Waals surface area contributed by atoms with Gasteiger partial charge in [0.15, 0.2) is 0 Å². The van der Waals surface area contributed by atoms with E-state index in [0.29, 0.717) is 6.42 Å². The molecule has 0 unspecified atom stereocenters. The molecule has 0 amide bonds. The van der Waals surface area contributed by atoms with Crippen LogP contribution in [0.2, 0.25) is 0 Å². The summed E-state index contributed by atoms with van der Waals surface area (Å²) in [6.45, 7) is 0. The summed E-state index contributed by atoms with van der Waals surface area (Å²) in [4.78, 5) is 10.3. The maximum atomic E-state index is 10.3. The topological polar surface area (TPSA) is 40.1 Å². The fraction of sp³-hybridized carbons (Fsp3) is 0.222. The van der Waals surface area contributed by atoms with Crippen LogP contribution in [0.1, 0.15) is 12.0 Å². The monoisotopic (exact) mass is 550 g/mol. The fourth-order valence-electron chi connectivity index (χ4n) is 0.996. The standard InChI is InChI=1S/C9H7I3O2.Na/c10-6-3-1-5(2-4-7(13)14)8(11)9(6)12;/h1,3H,2,4H2,(H,13,14);/q;+1/p-1. The van der Waals surface area contributed by atoms with Gasteiger partial charge in [-0.25, -0.2) is 0 Å². The number of hydrogen-bond acceptors (Lipinski definition) is 2. The van der Waals surface area contributed by atoms with E-state index < -0.39 is 5.97 Å². The zero-order valence-corrected chi connectivity index (χ0v) is 16.5. The van der Waals surface area contributed by atoms with E-state index in [1.165, 1.54) is 7.14 Å². The molecule has 0 fully saturated rings. The van der Waals surface area contributed by atoms with Crippen LogP contribution in [-0.2, 0) is 11.2 Å². The van der Waals surface area contributed by atoms with Gasteiger partial charge in [0.25, 0.3) is 0 Å². The van der Waals surface area contributed by atoms with Crippen molar-refractivity contribution in [2.75, 3.05) is 0 Å². The van der Waals surface area contributed by atoms with Crippen molar-refractivity contribution in [3.05, 3.63) is 28.4 Å². The molecule has 0 radical (unpaired) electrons. The van der Waals surface area contributed by atoms with Gasteiger partial charge in [-0.3, -0.25) is 0 Å². The number of hydrogen-bond donors (Lipinski definition) is 0. The minimum absolute atomic E-state index is 0. The van der Waals surface area contributed by atoms with Crippen LogP contribution in [0.3, 0.4) is 0 Å². The van der Waals surface area contributed by atoms with Crippen molar-refractivity contribution in [1.82, 2.24) is 0 Å². The quantitative estimate of drug-likeness (QED) is 0.281. The Morgan fingerprint density at radius 2 is 1.80 bits per heavy atom. The summed E-state index contributed by atoms with van der Waals surface area (Å²) in [6.07, 6.45) is 0.639. The predicted molar refractivity (Wildman–Crippen MR) is 77.9 cm³/mol. The van der Waals surface area contributed by atoms with Gasteiger partial charge in [0.1, 0.15) is 0 Å². The van der Waals surface area contributed by atoms with Crippen LogP contribution in [0.15, 0.2) is 12.1 Å². The summed E-state index contributed by atoms with van der Waals surface area (Å²) in [6, 6.07) is 3.99. The molecule has 0 spiro atoms. The molecule has 0 aromatic heterocycles. The van der Waals surface area contributed by atoms with Crippen molar-refractivity contribution in [2.45, 2.75) is 12.8 Å². The van der Waals surface area contributed by atoms with Gasteiger partial charge in [0.2, 0.25) is 0 Å². The number of carboxylic acids is 1. The summed E-state index contributed by atoms with van der Waals surface area (Å²) in [5.74, 6) is -0.991. The first-order chi connectivity index (χ1) is 6.52. The Labute approximate surface area is 152 Å². The van der Waals surface area contributed by atoms with Crippen molar-refractivity contribution in [2.24, 2.45) is 0 Å². The number of aryl methyl sites for hydroxylation is 1. The Balaban J connectivity index is 0.00000196. The Bertz CT molecular complexity index is 369. The van der Waals surface area contributed by atoms with Gasteiger partial charge in [0.05, 0.1) is 0 Å². The van der Waals surface area contributed by atoms with E-state index in [-0.39, 0.29) is 36.0 Å². The van der Waals surface area contributed by atoms with Crippen LogP contribution in [0.5, 0.6) is 0 Å². The van der Waals surface area contributed by atoms with E-state index in [0.717, 1.165) is 9.13 Å². The summed E-state index contributed by atoms with van der Waals surface area (Å²) in [5, 5.41) is 10.3. The van der Waals surface area contributed by atoms with Crippen LogP contribution in [0.25, 0.3) is 0 Å². The molecule has 1 aromatic rings. The van der Waals surface area contributed by atoms with E-state index in [2.05, 4.69) is 67.8 Å². The first kappa shape index (κ1) is 16.9. The Morgan fingerprint density at radius 1 is 1.20 bits per heavy atom. The smallest absolute Gasteiger partial charge is 0.550 e. The van der Waals surface area contributed by atoms with Crippen molar-refractivity contribution < 1.29 is 39.5 Å². The Hall–Kier alpha value is 1.88. The largest absolute Gasteiger partial charge is 1.00 e. The van der Waals surface area contributed by atoms with Gasteiger partial charge < -0.3 is 9.90 Å². The first-order valence-corrected chi connectivity index (χ1v) is 7.08. The van der Waals surface area contributed by atoms with Gasteiger partial charge in [-0.1, -0.05) is 6.07 Å². The number of halogens is 3. The number of carbonyl (C=O) groups is 1. The summed E-state index contributed by atoms with van der Waals surface area (Å²) >= 11 is 6.79. The summed E-state index contributed by atoms with van der Waals surface area (Å²) in [7, 11) is 0. The zero-order chi connectivity index (χ0) is 10.7. The van der Waals surface area contributed by atoms with Gasteiger partial charge in [-0.2, -0.15) is 0 Å². The van der Waals surface area contributed by atoms with Gasteiger partial charge >= 0.3 is 29.6 Å². The van der Waals surface area contributed by atoms with E-state index in [4.69, 9.17) is 0 Å². The summed E-state index contributed by atoms with van der Waals surface area (Å²) < 4.78 is 3.54. The van der Waals surface area contributed by atoms with Crippen LogP contribution in [-0.4, -0.2) is 5.97 Å². The molecule has 0 aliphatic carbocycles. The van der Waals surface area contributed by atoms with Crippen LogP contribution in [0.4, 0.5) is 0 Å². The third-order valence-corrected chi connectivity index (χ3v) is 7.03. The molecule has 2 nitrogen and oxygen atoms in total. The second-order valence-corrected chi connectivity index (χ2v) is 6.03. The zero-order valence-electron chi connectivity index (χ0n) is 8.02. The Morgan fingerprint density at radius 3 is 2.33 bits per heavy atom. The molecule has 1 aromatic carbocycles. The third kappa shape index (κ3) is 5.36. The SMILES string of the molecule is O=C([O-])CCc1ccc(I)c(I)c1I.[Na+]. The number of aliphatic carboxylic acids is 1. The maximum Gasteiger partial charge on any atom is 1.00 e. The minimum atomic E-state index is -0.991. The molecule has 0 saturated heterocycles. The molecule has 0 atom stereocenters. The van der Waals surface area contributed by atoms with Crippen molar-refractivity contribution in [3.8, 4) is 0 Å². The van der Waals surface area contributed by atoms with E-state index in [9.17, 15) is 9.90 Å².